The van der Waals surface area contributed by atoms with Gasteiger partial charge in [0.15, 0.2) is 0 Å². The number of nitrogens with one attached hydrogen (secondary N) is 2. The van der Waals surface area contributed by atoms with Gasteiger partial charge in [0, 0.05) is 25.6 Å². The number of benzene rings is 1. The van der Waals surface area contributed by atoms with Gasteiger partial charge in [0.05, 0.1) is 0 Å². The summed E-state index contributed by atoms with van der Waals surface area (Å²) < 4.78 is 0. The van der Waals surface area contributed by atoms with Gasteiger partial charge >= 0.3 is 0 Å². The Bertz CT molecular complexity index is 495. The molecule has 114 valence electrons. The summed E-state index contributed by atoms with van der Waals surface area (Å²) >= 11 is 0. The van der Waals surface area contributed by atoms with Gasteiger partial charge in [-0.3, -0.25) is 14.4 Å². The summed E-state index contributed by atoms with van der Waals surface area (Å²) in [6.45, 7) is 1.99. The third-order valence-electron chi connectivity index (χ3n) is 3.12. The van der Waals surface area contributed by atoms with E-state index in [1.165, 1.54) is 7.05 Å². The van der Waals surface area contributed by atoms with Gasteiger partial charge in [-0.2, -0.15) is 0 Å². The molecule has 1 rings (SSSR count). The minimum Gasteiger partial charge on any atom is -0.353 e. The molecule has 21 heavy (non-hydrogen) atoms. The maximum Gasteiger partial charge on any atom is 0.287 e. The molecule has 0 aromatic heterocycles. The highest BCUT2D eigenvalue weighted by Gasteiger charge is 2.10. The molecule has 0 heterocycles. The number of carbonyl (C=O) groups excluding carboxylic acids is 3. The lowest BCUT2D eigenvalue weighted by atomic mass is 10.1. The van der Waals surface area contributed by atoms with E-state index < -0.39 is 11.7 Å². The first-order chi connectivity index (χ1) is 10.0. The molecule has 0 atom stereocenters. The van der Waals surface area contributed by atoms with Gasteiger partial charge in [-0.05, 0) is 31.9 Å². The van der Waals surface area contributed by atoms with Gasteiger partial charge in [0.25, 0.3) is 5.91 Å². The number of likely N-dealkylation sites (N-methyl/N-ethyl adjacent to an activating group) is 1. The van der Waals surface area contributed by atoms with Gasteiger partial charge in [-0.25, -0.2) is 0 Å². The van der Waals surface area contributed by atoms with E-state index in [0.717, 1.165) is 17.7 Å². The molecule has 0 saturated heterocycles. The number of carbonyl (C=O) groups is 3. The van der Waals surface area contributed by atoms with Crippen molar-refractivity contribution in [1.82, 2.24) is 5.32 Å². The first kappa shape index (κ1) is 16.9. The van der Waals surface area contributed by atoms with Gasteiger partial charge < -0.3 is 10.6 Å². The normalized spacial score (nSPS) is 10.0. The first-order valence-electron chi connectivity index (χ1n) is 7.14. The van der Waals surface area contributed by atoms with Crippen LogP contribution in [0.1, 0.15) is 37.7 Å². The fourth-order valence-electron chi connectivity index (χ4n) is 1.86. The Hall–Kier alpha value is -2.17. The van der Waals surface area contributed by atoms with Gasteiger partial charge in [0.2, 0.25) is 11.7 Å². The predicted octanol–water partition coefficient (Wildman–Crippen LogP) is 2.20. The van der Waals surface area contributed by atoms with Crippen LogP contribution in [0.3, 0.4) is 0 Å². The largest absolute Gasteiger partial charge is 0.353 e. The second kappa shape index (κ2) is 8.89. The number of hydrogen-bond acceptors (Lipinski definition) is 3. The fraction of sp³-hybridized carbons (Fsp3) is 0.438. The molecule has 0 fully saturated rings. The van der Waals surface area contributed by atoms with E-state index in [9.17, 15) is 14.4 Å². The van der Waals surface area contributed by atoms with Crippen molar-refractivity contribution in [3.05, 3.63) is 29.8 Å². The standard InChI is InChI=1S/C16H22N2O3/c1-12-8-10-13(11-9-12)18-15(20)7-5-3-4-6-14(19)16(21)17-2/h8-11H,3-7H2,1-2H3,(H,17,21)(H,18,20). The molecule has 0 aliphatic heterocycles. The van der Waals surface area contributed by atoms with E-state index in [1.54, 1.807) is 0 Å². The zero-order valence-corrected chi connectivity index (χ0v) is 12.6. The number of rotatable bonds is 8. The second-order valence-electron chi connectivity index (χ2n) is 4.98. The highest BCUT2D eigenvalue weighted by Crippen LogP contribution is 2.10. The van der Waals surface area contributed by atoms with Gasteiger partial charge in [-0.1, -0.05) is 24.1 Å². The van der Waals surface area contributed by atoms with Crippen LogP contribution in [0.25, 0.3) is 0 Å². The van der Waals surface area contributed by atoms with Crippen LogP contribution in [-0.2, 0) is 14.4 Å². The summed E-state index contributed by atoms with van der Waals surface area (Å²) in [5, 5.41) is 5.13. The molecule has 2 amide bonds. The molecule has 0 aliphatic rings. The van der Waals surface area contributed by atoms with E-state index in [-0.39, 0.29) is 12.3 Å². The summed E-state index contributed by atoms with van der Waals surface area (Å²) in [6, 6.07) is 7.63. The summed E-state index contributed by atoms with van der Waals surface area (Å²) in [4.78, 5) is 33.9. The number of aryl methyl sites for hydroxylation is 1. The van der Waals surface area contributed by atoms with Crippen molar-refractivity contribution >= 4 is 23.3 Å². The van der Waals surface area contributed by atoms with Crippen LogP contribution in [0.5, 0.6) is 0 Å². The van der Waals surface area contributed by atoms with E-state index in [0.29, 0.717) is 19.3 Å². The second-order valence-corrected chi connectivity index (χ2v) is 4.98. The maximum absolute atomic E-state index is 11.7. The number of Topliss-reactive ketones (excluding diaryl/α,β-unsaturated/α-hetero) is 1. The van der Waals surface area contributed by atoms with Gasteiger partial charge in [0.1, 0.15) is 0 Å². The Labute approximate surface area is 125 Å². The molecule has 0 radical (unpaired) electrons. The van der Waals surface area contributed by atoms with Crippen LogP contribution in [0.2, 0.25) is 0 Å². The quantitative estimate of drug-likeness (QED) is 0.569. The van der Waals surface area contributed by atoms with Crippen molar-refractivity contribution in [3.63, 3.8) is 0 Å². The molecule has 1 aromatic rings. The number of unbranched alkanes of at least 4 members (excludes halogenated alkanes) is 2. The van der Waals surface area contributed by atoms with Crippen LogP contribution < -0.4 is 10.6 Å². The van der Waals surface area contributed by atoms with Gasteiger partial charge in [-0.15, -0.1) is 0 Å². The minimum atomic E-state index is -0.549. The molecule has 5 nitrogen and oxygen atoms in total. The zero-order valence-electron chi connectivity index (χ0n) is 12.6. The molecule has 0 aliphatic carbocycles. The summed E-state index contributed by atoms with van der Waals surface area (Å²) in [5.41, 5.74) is 1.94. The van der Waals surface area contributed by atoms with Crippen molar-refractivity contribution < 1.29 is 14.4 Å². The smallest absolute Gasteiger partial charge is 0.287 e. The Morgan fingerprint density at radius 1 is 0.952 bits per heavy atom. The molecule has 0 bridgehead atoms. The van der Waals surface area contributed by atoms with Crippen LogP contribution in [0.15, 0.2) is 24.3 Å². The lowest BCUT2D eigenvalue weighted by molar-refractivity contribution is -0.137. The lowest BCUT2D eigenvalue weighted by Gasteiger charge is -2.05. The number of anilines is 1. The average Bonchev–Trinajstić information content (AvgIpc) is 2.48. The van der Waals surface area contributed by atoms with Crippen molar-refractivity contribution in [1.29, 1.82) is 0 Å². The van der Waals surface area contributed by atoms with E-state index in [2.05, 4.69) is 10.6 Å². The third-order valence-corrected chi connectivity index (χ3v) is 3.12. The number of hydrogen-bond donors (Lipinski definition) is 2. The first-order valence-corrected chi connectivity index (χ1v) is 7.14. The number of amides is 2. The van der Waals surface area contributed by atoms with Crippen molar-refractivity contribution in [3.8, 4) is 0 Å². The third kappa shape index (κ3) is 6.70. The summed E-state index contributed by atoms with van der Waals surface area (Å²) in [6.07, 6.45) is 2.74. The fourth-order valence-corrected chi connectivity index (χ4v) is 1.86. The van der Waals surface area contributed by atoms with Crippen molar-refractivity contribution in [2.45, 2.75) is 39.0 Å². The lowest BCUT2D eigenvalue weighted by Crippen LogP contribution is -2.27. The topological polar surface area (TPSA) is 75.3 Å². The van der Waals surface area contributed by atoms with Crippen molar-refractivity contribution in [2.75, 3.05) is 12.4 Å². The van der Waals surface area contributed by atoms with E-state index in [1.807, 2.05) is 31.2 Å². The van der Waals surface area contributed by atoms with E-state index in [4.69, 9.17) is 0 Å². The van der Waals surface area contributed by atoms with Crippen LogP contribution in [-0.4, -0.2) is 24.6 Å². The Kier molecular flexibility index (Phi) is 7.15. The number of ketones is 1. The minimum absolute atomic E-state index is 0.0310. The average molecular weight is 290 g/mol. The molecule has 1 aromatic carbocycles. The highest BCUT2D eigenvalue weighted by atomic mass is 16.2. The molecular formula is C16H22N2O3. The van der Waals surface area contributed by atoms with Crippen LogP contribution >= 0.6 is 0 Å². The molecule has 0 saturated carbocycles. The van der Waals surface area contributed by atoms with Crippen molar-refractivity contribution in [2.24, 2.45) is 0 Å². The monoisotopic (exact) mass is 290 g/mol. The Balaban J connectivity index is 2.15. The van der Waals surface area contributed by atoms with Crippen LogP contribution in [0, 0.1) is 6.92 Å². The van der Waals surface area contributed by atoms with E-state index >= 15 is 0 Å². The van der Waals surface area contributed by atoms with Crippen LogP contribution in [0.4, 0.5) is 5.69 Å². The molecule has 0 spiro atoms. The molecular weight excluding hydrogens is 268 g/mol. The SMILES string of the molecule is CNC(=O)C(=O)CCCCCC(=O)Nc1ccc(C)cc1. The zero-order chi connectivity index (χ0) is 15.7. The molecule has 5 heteroatoms. The maximum atomic E-state index is 11.7. The highest BCUT2D eigenvalue weighted by molar-refractivity contribution is 6.36. The molecule has 0 unspecified atom stereocenters. The predicted molar refractivity (Wildman–Crippen MR) is 82.0 cm³/mol. The summed E-state index contributed by atoms with van der Waals surface area (Å²) in [7, 11) is 1.44. The summed E-state index contributed by atoms with van der Waals surface area (Å²) in [5.74, 6) is -0.981. The molecule has 2 N–H and O–H groups in total. The Morgan fingerprint density at radius 2 is 1.57 bits per heavy atom. The Morgan fingerprint density at radius 3 is 2.19 bits per heavy atom.